The smallest absolute Gasteiger partial charge is 0.383 e. The number of aromatic nitrogens is 1. The predicted molar refractivity (Wildman–Crippen MR) is 51.9 cm³/mol. The Morgan fingerprint density at radius 2 is 2.06 bits per heavy atom. The third kappa shape index (κ3) is 2.97. The van der Waals surface area contributed by atoms with Gasteiger partial charge in [-0.15, -0.1) is 0 Å². The van der Waals surface area contributed by atoms with Gasteiger partial charge in [0.1, 0.15) is 5.82 Å². The number of alkyl halides is 3. The van der Waals surface area contributed by atoms with E-state index in [4.69, 9.17) is 11.5 Å². The molecule has 1 aromatic heterocycles. The van der Waals surface area contributed by atoms with Crippen LogP contribution in [0.3, 0.4) is 0 Å². The number of nitrogens with zero attached hydrogens (tertiary/aromatic N) is 1. The Hall–Kier alpha value is -2.05. The first-order valence-electron chi connectivity index (χ1n) is 4.11. The lowest BCUT2D eigenvalue weighted by molar-refractivity contribution is -0.137. The lowest BCUT2D eigenvalue weighted by atomic mass is 10.1. The van der Waals surface area contributed by atoms with Crippen molar-refractivity contribution in [2.24, 2.45) is 5.73 Å². The lowest BCUT2D eigenvalue weighted by Gasteiger charge is -2.07. The second kappa shape index (κ2) is 4.21. The number of pyridine rings is 1. The van der Waals surface area contributed by atoms with Gasteiger partial charge in [-0.2, -0.15) is 13.2 Å². The van der Waals surface area contributed by atoms with Gasteiger partial charge in [0, 0.05) is 17.8 Å². The summed E-state index contributed by atoms with van der Waals surface area (Å²) in [5.74, 6) is -0.887. The summed E-state index contributed by atoms with van der Waals surface area (Å²) < 4.78 is 36.9. The van der Waals surface area contributed by atoms with Crippen LogP contribution in [0.15, 0.2) is 18.3 Å². The molecule has 0 atom stereocenters. The zero-order valence-corrected chi connectivity index (χ0v) is 7.95. The highest BCUT2D eigenvalue weighted by atomic mass is 19.4. The van der Waals surface area contributed by atoms with Crippen LogP contribution < -0.4 is 11.5 Å². The minimum absolute atomic E-state index is 0.00590. The Morgan fingerprint density at radius 3 is 2.56 bits per heavy atom. The third-order valence-electron chi connectivity index (χ3n) is 1.70. The summed E-state index contributed by atoms with van der Waals surface area (Å²) in [7, 11) is 0. The maximum Gasteiger partial charge on any atom is 0.417 e. The maximum absolute atomic E-state index is 12.3. The number of amides is 1. The van der Waals surface area contributed by atoms with Crippen molar-refractivity contribution in [1.29, 1.82) is 0 Å². The fourth-order valence-electron chi connectivity index (χ4n) is 0.953. The highest BCUT2D eigenvalue weighted by Crippen LogP contribution is 2.30. The second-order valence-corrected chi connectivity index (χ2v) is 2.93. The van der Waals surface area contributed by atoms with Crippen molar-refractivity contribution in [2.75, 3.05) is 5.73 Å². The summed E-state index contributed by atoms with van der Waals surface area (Å²) in [6.45, 7) is 0. The van der Waals surface area contributed by atoms with E-state index >= 15 is 0 Å². The highest BCUT2D eigenvalue weighted by molar-refractivity contribution is 5.91. The third-order valence-corrected chi connectivity index (χ3v) is 1.70. The fraction of sp³-hybridized carbons (Fsp3) is 0.111. The first kappa shape index (κ1) is 12.0. The lowest BCUT2D eigenvalue weighted by Crippen LogP contribution is -2.08. The molecular weight excluding hydrogens is 223 g/mol. The molecule has 4 nitrogen and oxygen atoms in total. The number of anilines is 1. The predicted octanol–water partition coefficient (Wildman–Crippen LogP) is 1.18. The molecular formula is C9H8F3N3O. The van der Waals surface area contributed by atoms with Gasteiger partial charge in [0.15, 0.2) is 0 Å². The molecule has 0 saturated heterocycles. The first-order valence-corrected chi connectivity index (χ1v) is 4.11. The molecule has 7 heteroatoms. The van der Waals surface area contributed by atoms with Crippen LogP contribution >= 0.6 is 0 Å². The zero-order valence-electron chi connectivity index (χ0n) is 7.95. The van der Waals surface area contributed by atoms with Crippen LogP contribution in [0.25, 0.3) is 6.08 Å². The van der Waals surface area contributed by atoms with Crippen LogP contribution in [0.1, 0.15) is 11.1 Å². The fourth-order valence-corrected chi connectivity index (χ4v) is 0.953. The van der Waals surface area contributed by atoms with E-state index in [2.05, 4.69) is 4.98 Å². The molecule has 0 spiro atoms. The van der Waals surface area contributed by atoms with Gasteiger partial charge in [0.25, 0.3) is 0 Å². The molecule has 0 aliphatic heterocycles. The van der Waals surface area contributed by atoms with Crippen LogP contribution in [0.4, 0.5) is 19.0 Å². The summed E-state index contributed by atoms with van der Waals surface area (Å²) in [6, 6.07) is 0.793. The number of nitrogens with two attached hydrogens (primary N) is 2. The highest BCUT2D eigenvalue weighted by Gasteiger charge is 2.31. The molecule has 16 heavy (non-hydrogen) atoms. The largest absolute Gasteiger partial charge is 0.417 e. The van der Waals surface area contributed by atoms with Gasteiger partial charge in [-0.05, 0) is 12.1 Å². The number of carbonyl (C=O) groups is 1. The molecule has 0 bridgehead atoms. The number of hydrogen-bond acceptors (Lipinski definition) is 3. The minimum Gasteiger partial charge on any atom is -0.383 e. The van der Waals surface area contributed by atoms with Gasteiger partial charge in [0.2, 0.25) is 5.91 Å². The van der Waals surface area contributed by atoms with Crippen molar-refractivity contribution in [3.05, 3.63) is 29.5 Å². The molecule has 0 saturated carbocycles. The summed E-state index contributed by atoms with van der Waals surface area (Å²) >= 11 is 0. The first-order chi connectivity index (χ1) is 7.30. The second-order valence-electron chi connectivity index (χ2n) is 2.93. The molecule has 1 rings (SSSR count). The molecule has 4 N–H and O–H groups in total. The van der Waals surface area contributed by atoms with Crippen LogP contribution in [0.2, 0.25) is 0 Å². The molecule has 1 heterocycles. The number of carbonyl (C=O) groups excluding carboxylic acids is 1. The van der Waals surface area contributed by atoms with Crippen molar-refractivity contribution in [1.82, 2.24) is 4.98 Å². The average molecular weight is 231 g/mol. The van der Waals surface area contributed by atoms with Gasteiger partial charge in [-0.3, -0.25) is 4.79 Å². The summed E-state index contributed by atoms with van der Waals surface area (Å²) in [5, 5.41) is 0. The van der Waals surface area contributed by atoms with Crippen molar-refractivity contribution in [3.8, 4) is 0 Å². The van der Waals surface area contributed by atoms with Crippen LogP contribution in [-0.4, -0.2) is 10.9 Å². The van der Waals surface area contributed by atoms with Gasteiger partial charge >= 0.3 is 6.18 Å². The van der Waals surface area contributed by atoms with E-state index in [0.717, 1.165) is 18.2 Å². The normalized spacial score (nSPS) is 11.9. The Morgan fingerprint density at radius 1 is 1.44 bits per heavy atom. The number of primary amides is 1. The number of nitrogen functional groups attached to an aromatic ring is 1. The van der Waals surface area contributed by atoms with Crippen molar-refractivity contribution < 1.29 is 18.0 Å². The van der Waals surface area contributed by atoms with Gasteiger partial charge in [-0.1, -0.05) is 0 Å². The molecule has 0 radical (unpaired) electrons. The van der Waals surface area contributed by atoms with E-state index in [-0.39, 0.29) is 11.4 Å². The van der Waals surface area contributed by atoms with Crippen LogP contribution in [-0.2, 0) is 11.0 Å². The van der Waals surface area contributed by atoms with Gasteiger partial charge < -0.3 is 11.5 Å². The molecule has 86 valence electrons. The van der Waals surface area contributed by atoms with Crippen LogP contribution in [0, 0.1) is 0 Å². The average Bonchev–Trinajstić information content (AvgIpc) is 2.14. The molecule has 0 aromatic carbocycles. The molecule has 1 amide bonds. The number of rotatable bonds is 2. The molecule has 1 aromatic rings. The molecule has 0 aliphatic carbocycles. The van der Waals surface area contributed by atoms with E-state index in [1.807, 2.05) is 0 Å². The van der Waals surface area contributed by atoms with Crippen molar-refractivity contribution in [2.45, 2.75) is 6.18 Å². The molecule has 0 unspecified atom stereocenters. The monoisotopic (exact) mass is 231 g/mol. The minimum atomic E-state index is -4.50. The summed E-state index contributed by atoms with van der Waals surface area (Å²) in [6.07, 6.45) is -1.89. The van der Waals surface area contributed by atoms with Crippen molar-refractivity contribution in [3.63, 3.8) is 0 Å². The van der Waals surface area contributed by atoms with Gasteiger partial charge in [0.05, 0.1) is 5.56 Å². The van der Waals surface area contributed by atoms with E-state index < -0.39 is 17.6 Å². The van der Waals surface area contributed by atoms with E-state index in [1.54, 1.807) is 0 Å². The Balaban J connectivity index is 3.14. The maximum atomic E-state index is 12.3. The topological polar surface area (TPSA) is 82.0 Å². The zero-order chi connectivity index (χ0) is 12.3. The Kier molecular flexibility index (Phi) is 3.17. The van der Waals surface area contributed by atoms with Crippen LogP contribution in [0.5, 0.6) is 0 Å². The number of halogens is 3. The van der Waals surface area contributed by atoms with Crippen molar-refractivity contribution >= 4 is 17.8 Å². The number of hydrogen-bond donors (Lipinski definition) is 2. The molecule has 0 aliphatic rings. The summed E-state index contributed by atoms with van der Waals surface area (Å²) in [5.41, 5.74) is 9.20. The Labute approximate surface area is 88.8 Å². The van der Waals surface area contributed by atoms with E-state index in [0.29, 0.717) is 6.20 Å². The van der Waals surface area contributed by atoms with E-state index in [9.17, 15) is 18.0 Å². The van der Waals surface area contributed by atoms with Gasteiger partial charge in [-0.25, -0.2) is 4.98 Å². The summed E-state index contributed by atoms with van der Waals surface area (Å²) in [4.78, 5) is 13.8. The SMILES string of the molecule is NC(=O)C=Cc1cc(C(F)(F)F)cnc1N. The Bertz CT molecular complexity index is 440. The molecule has 0 fully saturated rings. The quantitative estimate of drug-likeness (QED) is 0.750. The standard InChI is InChI=1S/C9H8F3N3O/c10-9(11,12)6-3-5(1-2-7(13)16)8(14)15-4-6/h1-4H,(H2,13,16)(H2,14,15). The van der Waals surface area contributed by atoms with E-state index in [1.165, 1.54) is 0 Å².